The molecule has 1 aromatic heterocycles. The number of anilines is 1. The van der Waals surface area contributed by atoms with Crippen molar-refractivity contribution in [3.8, 4) is 0 Å². The van der Waals surface area contributed by atoms with Gasteiger partial charge in [-0.2, -0.15) is 0 Å². The number of halogens is 1. The van der Waals surface area contributed by atoms with Crippen LogP contribution in [0.2, 0.25) is 5.15 Å². The maximum atomic E-state index is 9.50. The predicted octanol–water partition coefficient (Wildman–Crippen LogP) is 2.63. The van der Waals surface area contributed by atoms with Crippen LogP contribution in [-0.2, 0) is 11.3 Å². The molecule has 0 saturated heterocycles. The van der Waals surface area contributed by atoms with Gasteiger partial charge in [0, 0.05) is 19.2 Å². The van der Waals surface area contributed by atoms with Crippen LogP contribution in [0.25, 0.3) is 0 Å². The molecule has 0 unspecified atom stereocenters. The van der Waals surface area contributed by atoms with Crippen LogP contribution in [0.3, 0.4) is 0 Å². The predicted molar refractivity (Wildman–Crippen MR) is 78.8 cm³/mol. The van der Waals surface area contributed by atoms with E-state index in [4.69, 9.17) is 16.3 Å². The lowest BCUT2D eigenvalue weighted by atomic mass is 9.87. The molecule has 0 aromatic carbocycles. The second-order valence-corrected chi connectivity index (χ2v) is 5.57. The van der Waals surface area contributed by atoms with E-state index in [1.54, 1.807) is 6.07 Å². The number of ether oxygens (including phenoxy) is 1. The number of aromatic nitrogens is 2. The third-order valence-electron chi connectivity index (χ3n) is 3.56. The van der Waals surface area contributed by atoms with E-state index in [2.05, 4.69) is 15.3 Å². The Hall–Kier alpha value is -0.910. The number of nitrogens with one attached hydrogen (secondary N) is 1. The topological polar surface area (TPSA) is 67.3 Å². The van der Waals surface area contributed by atoms with Crippen LogP contribution in [0.1, 0.15) is 38.4 Å². The highest BCUT2D eigenvalue weighted by molar-refractivity contribution is 6.29. The minimum Gasteiger partial charge on any atom is -0.393 e. The fraction of sp³-hybridized carbons (Fsp3) is 0.714. The van der Waals surface area contributed by atoms with Gasteiger partial charge in [0.05, 0.1) is 6.10 Å². The van der Waals surface area contributed by atoms with Gasteiger partial charge in [0.15, 0.2) is 5.82 Å². The molecule has 0 radical (unpaired) electrons. The summed E-state index contributed by atoms with van der Waals surface area (Å²) in [4.78, 5) is 8.52. The molecule has 2 N–H and O–H groups in total. The summed E-state index contributed by atoms with van der Waals surface area (Å²) in [6.45, 7) is 3.79. The first-order valence-electron chi connectivity index (χ1n) is 7.20. The van der Waals surface area contributed by atoms with Gasteiger partial charge in [-0.25, -0.2) is 9.97 Å². The summed E-state index contributed by atoms with van der Waals surface area (Å²) < 4.78 is 5.30. The lowest BCUT2D eigenvalue weighted by Gasteiger charge is -2.25. The zero-order valence-electron chi connectivity index (χ0n) is 11.8. The van der Waals surface area contributed by atoms with Crippen LogP contribution >= 0.6 is 11.6 Å². The molecule has 112 valence electrons. The van der Waals surface area contributed by atoms with Gasteiger partial charge < -0.3 is 15.2 Å². The second-order valence-electron chi connectivity index (χ2n) is 5.18. The number of hydrogen-bond acceptors (Lipinski definition) is 5. The number of aliphatic hydroxyl groups is 1. The van der Waals surface area contributed by atoms with E-state index in [0.29, 0.717) is 30.1 Å². The van der Waals surface area contributed by atoms with Crippen LogP contribution in [0, 0.1) is 5.92 Å². The van der Waals surface area contributed by atoms with Gasteiger partial charge in [-0.15, -0.1) is 0 Å². The van der Waals surface area contributed by atoms with Gasteiger partial charge >= 0.3 is 0 Å². The Morgan fingerprint density at radius 1 is 1.35 bits per heavy atom. The van der Waals surface area contributed by atoms with Crippen LogP contribution in [-0.4, -0.2) is 34.3 Å². The fourth-order valence-corrected chi connectivity index (χ4v) is 2.61. The van der Waals surface area contributed by atoms with Crippen molar-refractivity contribution in [3.63, 3.8) is 0 Å². The smallest absolute Gasteiger partial charge is 0.158 e. The van der Waals surface area contributed by atoms with Crippen molar-refractivity contribution in [1.29, 1.82) is 0 Å². The van der Waals surface area contributed by atoms with Crippen molar-refractivity contribution in [2.24, 2.45) is 5.92 Å². The van der Waals surface area contributed by atoms with Crippen molar-refractivity contribution in [2.75, 3.05) is 18.5 Å². The monoisotopic (exact) mass is 299 g/mol. The average Bonchev–Trinajstić information content (AvgIpc) is 2.44. The maximum absolute atomic E-state index is 9.50. The van der Waals surface area contributed by atoms with E-state index < -0.39 is 0 Å². The molecule has 0 spiro atoms. The van der Waals surface area contributed by atoms with Gasteiger partial charge in [-0.3, -0.25) is 0 Å². The molecule has 1 aromatic rings. The number of nitrogens with zero attached hydrogens (tertiary/aromatic N) is 2. The van der Waals surface area contributed by atoms with Crippen molar-refractivity contribution < 1.29 is 9.84 Å². The molecule has 1 heterocycles. The van der Waals surface area contributed by atoms with E-state index >= 15 is 0 Å². The molecule has 20 heavy (non-hydrogen) atoms. The Bertz CT molecular complexity index is 423. The second kappa shape index (κ2) is 7.76. The van der Waals surface area contributed by atoms with E-state index in [1.165, 1.54) is 0 Å². The Balaban J connectivity index is 1.87. The summed E-state index contributed by atoms with van der Waals surface area (Å²) in [5.74, 6) is 1.93. The maximum Gasteiger partial charge on any atom is 0.158 e. The van der Waals surface area contributed by atoms with Gasteiger partial charge in [0.2, 0.25) is 0 Å². The first kappa shape index (κ1) is 15.5. The lowest BCUT2D eigenvalue weighted by molar-refractivity contribution is 0.111. The summed E-state index contributed by atoms with van der Waals surface area (Å²) in [7, 11) is 0. The quantitative estimate of drug-likeness (QED) is 0.790. The highest BCUT2D eigenvalue weighted by Gasteiger charge is 2.19. The zero-order chi connectivity index (χ0) is 14.4. The molecule has 0 bridgehead atoms. The summed E-state index contributed by atoms with van der Waals surface area (Å²) in [6, 6.07) is 1.73. The van der Waals surface area contributed by atoms with E-state index in [1.807, 2.05) is 6.92 Å². The summed E-state index contributed by atoms with van der Waals surface area (Å²) in [5, 5.41) is 13.2. The molecule has 2 rings (SSSR count). The Labute approximate surface area is 124 Å². The molecular weight excluding hydrogens is 278 g/mol. The van der Waals surface area contributed by atoms with Crippen molar-refractivity contribution in [1.82, 2.24) is 9.97 Å². The molecule has 1 aliphatic carbocycles. The summed E-state index contributed by atoms with van der Waals surface area (Å²) in [5.41, 5.74) is 0. The molecule has 1 fully saturated rings. The normalized spacial score (nSPS) is 22.8. The van der Waals surface area contributed by atoms with E-state index in [-0.39, 0.29) is 6.10 Å². The third kappa shape index (κ3) is 4.89. The first-order valence-corrected chi connectivity index (χ1v) is 7.58. The molecule has 1 aliphatic rings. The fourth-order valence-electron chi connectivity index (χ4n) is 2.41. The van der Waals surface area contributed by atoms with Gasteiger partial charge in [0.25, 0.3) is 0 Å². The average molecular weight is 300 g/mol. The molecular formula is C14H22ClN3O2. The highest BCUT2D eigenvalue weighted by Crippen LogP contribution is 2.24. The Morgan fingerprint density at radius 3 is 2.80 bits per heavy atom. The van der Waals surface area contributed by atoms with Crippen molar-refractivity contribution >= 4 is 17.4 Å². The largest absolute Gasteiger partial charge is 0.393 e. The first-order chi connectivity index (χ1) is 9.67. The molecule has 0 amide bonds. The molecule has 6 heteroatoms. The minimum absolute atomic E-state index is 0.113. The minimum atomic E-state index is -0.113. The molecule has 0 aliphatic heterocycles. The van der Waals surface area contributed by atoms with Crippen LogP contribution < -0.4 is 5.32 Å². The van der Waals surface area contributed by atoms with Crippen LogP contribution in [0.15, 0.2) is 6.07 Å². The van der Waals surface area contributed by atoms with E-state index in [0.717, 1.165) is 38.0 Å². The van der Waals surface area contributed by atoms with Crippen molar-refractivity contribution in [3.05, 3.63) is 17.0 Å². The van der Waals surface area contributed by atoms with E-state index in [9.17, 15) is 5.11 Å². The molecule has 0 atom stereocenters. The number of aliphatic hydroxyl groups excluding tert-OH is 1. The molecule has 1 saturated carbocycles. The Morgan fingerprint density at radius 2 is 2.10 bits per heavy atom. The Kier molecular flexibility index (Phi) is 6.01. The standard InChI is InChI=1S/C14H22ClN3O2/c1-2-20-9-14-17-12(15)7-13(18-14)16-8-10-3-5-11(19)6-4-10/h7,10-11,19H,2-6,8-9H2,1H3,(H,16,17,18). The molecule has 5 nitrogen and oxygen atoms in total. The van der Waals surface area contributed by atoms with Gasteiger partial charge in [-0.1, -0.05) is 11.6 Å². The van der Waals surface area contributed by atoms with Crippen molar-refractivity contribution in [2.45, 2.75) is 45.3 Å². The summed E-state index contributed by atoms with van der Waals surface area (Å²) >= 11 is 5.99. The van der Waals surface area contributed by atoms with Crippen LogP contribution in [0.4, 0.5) is 5.82 Å². The number of rotatable bonds is 6. The van der Waals surface area contributed by atoms with Gasteiger partial charge in [0.1, 0.15) is 17.6 Å². The SMILES string of the molecule is CCOCc1nc(Cl)cc(NCC2CCC(O)CC2)n1. The third-order valence-corrected chi connectivity index (χ3v) is 3.76. The lowest BCUT2D eigenvalue weighted by Crippen LogP contribution is -2.24. The van der Waals surface area contributed by atoms with Gasteiger partial charge in [-0.05, 0) is 38.5 Å². The zero-order valence-corrected chi connectivity index (χ0v) is 12.6. The van der Waals surface area contributed by atoms with Crippen LogP contribution in [0.5, 0.6) is 0 Å². The summed E-state index contributed by atoms with van der Waals surface area (Å²) in [6.07, 6.45) is 3.79. The highest BCUT2D eigenvalue weighted by atomic mass is 35.5. The number of hydrogen-bond donors (Lipinski definition) is 2.